The van der Waals surface area contributed by atoms with E-state index >= 15 is 0 Å². The van der Waals surface area contributed by atoms with Gasteiger partial charge in [-0.05, 0) is 49.4 Å². The Bertz CT molecular complexity index is 479. The standard InChI is InChI=1S/C15H19FN2O.ClH/c16-12-3-1-2-11(6-12)13-7-14(13)18-15(19)9-17-8-10-4-5-10;/h1-3,6,10,13-14,17H,4-5,7-9H2,(H,18,19);1H. The van der Waals surface area contributed by atoms with Crippen LogP contribution in [-0.4, -0.2) is 25.0 Å². The molecule has 20 heavy (non-hydrogen) atoms. The van der Waals surface area contributed by atoms with Gasteiger partial charge in [-0.25, -0.2) is 4.39 Å². The molecule has 110 valence electrons. The average molecular weight is 299 g/mol. The molecule has 1 aromatic carbocycles. The van der Waals surface area contributed by atoms with Crippen LogP contribution in [0.4, 0.5) is 4.39 Å². The van der Waals surface area contributed by atoms with E-state index < -0.39 is 0 Å². The van der Waals surface area contributed by atoms with Crippen LogP contribution in [0.5, 0.6) is 0 Å². The highest BCUT2D eigenvalue weighted by atomic mass is 35.5. The van der Waals surface area contributed by atoms with Crippen molar-refractivity contribution >= 4 is 18.3 Å². The molecule has 0 spiro atoms. The predicted octanol–water partition coefficient (Wildman–Crippen LogP) is 2.22. The molecule has 0 aliphatic heterocycles. The lowest BCUT2D eigenvalue weighted by atomic mass is 10.1. The molecule has 1 aromatic rings. The van der Waals surface area contributed by atoms with Gasteiger partial charge in [0.05, 0.1) is 6.54 Å². The van der Waals surface area contributed by atoms with Crippen LogP contribution in [-0.2, 0) is 4.79 Å². The zero-order chi connectivity index (χ0) is 13.2. The molecule has 2 saturated carbocycles. The fourth-order valence-corrected chi connectivity index (χ4v) is 2.43. The summed E-state index contributed by atoms with van der Waals surface area (Å²) in [7, 11) is 0. The number of nitrogens with one attached hydrogen (secondary N) is 2. The Morgan fingerprint density at radius 1 is 1.35 bits per heavy atom. The third kappa shape index (κ3) is 4.18. The Morgan fingerprint density at radius 3 is 2.85 bits per heavy atom. The van der Waals surface area contributed by atoms with Gasteiger partial charge in [0, 0.05) is 12.0 Å². The van der Waals surface area contributed by atoms with Gasteiger partial charge in [-0.3, -0.25) is 4.79 Å². The first kappa shape index (κ1) is 15.3. The smallest absolute Gasteiger partial charge is 0.234 e. The molecular weight excluding hydrogens is 279 g/mol. The van der Waals surface area contributed by atoms with Crippen LogP contribution in [0.25, 0.3) is 0 Å². The number of carbonyl (C=O) groups excluding carboxylic acids is 1. The van der Waals surface area contributed by atoms with Gasteiger partial charge < -0.3 is 10.6 Å². The molecule has 3 nitrogen and oxygen atoms in total. The van der Waals surface area contributed by atoms with Crippen molar-refractivity contribution in [3.63, 3.8) is 0 Å². The number of carbonyl (C=O) groups is 1. The largest absolute Gasteiger partial charge is 0.352 e. The van der Waals surface area contributed by atoms with E-state index in [-0.39, 0.29) is 36.1 Å². The van der Waals surface area contributed by atoms with Gasteiger partial charge in [0.2, 0.25) is 5.91 Å². The molecule has 2 atom stereocenters. The molecule has 5 heteroatoms. The Labute approximate surface area is 124 Å². The zero-order valence-corrected chi connectivity index (χ0v) is 12.1. The second kappa shape index (κ2) is 6.55. The average Bonchev–Trinajstić information content (AvgIpc) is 3.24. The molecule has 2 aliphatic rings. The molecule has 0 heterocycles. The van der Waals surface area contributed by atoms with Gasteiger partial charge in [-0.2, -0.15) is 0 Å². The normalized spacial score (nSPS) is 23.9. The van der Waals surface area contributed by atoms with Crippen LogP contribution in [0.2, 0.25) is 0 Å². The number of hydrogen-bond acceptors (Lipinski definition) is 2. The minimum Gasteiger partial charge on any atom is -0.352 e. The van der Waals surface area contributed by atoms with Crippen molar-refractivity contribution in [2.24, 2.45) is 5.92 Å². The van der Waals surface area contributed by atoms with Crippen molar-refractivity contribution in [2.75, 3.05) is 13.1 Å². The molecule has 2 fully saturated rings. The summed E-state index contributed by atoms with van der Waals surface area (Å²) in [6.45, 7) is 1.34. The van der Waals surface area contributed by atoms with Crippen molar-refractivity contribution in [1.82, 2.24) is 10.6 Å². The first-order chi connectivity index (χ1) is 9.22. The molecule has 2 N–H and O–H groups in total. The maximum Gasteiger partial charge on any atom is 0.234 e. The number of amides is 1. The molecule has 1 amide bonds. The number of rotatable bonds is 6. The molecule has 0 saturated heterocycles. The Kier molecular flexibility index (Phi) is 5.00. The SMILES string of the molecule is Cl.O=C(CNCC1CC1)NC1CC1c1cccc(F)c1. The topological polar surface area (TPSA) is 41.1 Å². The molecule has 3 rings (SSSR count). The number of hydrogen-bond donors (Lipinski definition) is 2. The van der Waals surface area contributed by atoms with Crippen LogP contribution >= 0.6 is 12.4 Å². The van der Waals surface area contributed by atoms with Crippen LogP contribution in [0.15, 0.2) is 24.3 Å². The fourth-order valence-electron chi connectivity index (χ4n) is 2.43. The molecule has 0 radical (unpaired) electrons. The molecule has 2 unspecified atom stereocenters. The Balaban J connectivity index is 0.00000147. The summed E-state index contributed by atoms with van der Waals surface area (Å²) in [5.41, 5.74) is 0.983. The van der Waals surface area contributed by atoms with Crippen LogP contribution in [0.3, 0.4) is 0 Å². The van der Waals surface area contributed by atoms with Gasteiger partial charge >= 0.3 is 0 Å². The van der Waals surface area contributed by atoms with E-state index in [1.165, 1.54) is 18.9 Å². The summed E-state index contributed by atoms with van der Waals surface area (Å²) in [5, 5.41) is 6.16. The van der Waals surface area contributed by atoms with E-state index in [0.717, 1.165) is 24.4 Å². The van der Waals surface area contributed by atoms with Crippen molar-refractivity contribution in [3.8, 4) is 0 Å². The van der Waals surface area contributed by atoms with Crippen molar-refractivity contribution in [2.45, 2.75) is 31.2 Å². The summed E-state index contributed by atoms with van der Waals surface area (Å²) in [4.78, 5) is 11.7. The quantitative estimate of drug-likeness (QED) is 0.845. The first-order valence-corrected chi connectivity index (χ1v) is 6.98. The maximum absolute atomic E-state index is 13.1. The van der Waals surface area contributed by atoms with E-state index in [2.05, 4.69) is 10.6 Å². The van der Waals surface area contributed by atoms with Gasteiger partial charge in [0.25, 0.3) is 0 Å². The van der Waals surface area contributed by atoms with Crippen LogP contribution in [0, 0.1) is 11.7 Å². The molecule has 2 aliphatic carbocycles. The summed E-state index contributed by atoms with van der Waals surface area (Å²) < 4.78 is 13.1. The van der Waals surface area contributed by atoms with E-state index in [4.69, 9.17) is 0 Å². The third-order valence-electron chi connectivity index (χ3n) is 3.83. The highest BCUT2D eigenvalue weighted by Crippen LogP contribution is 2.40. The van der Waals surface area contributed by atoms with Crippen molar-refractivity contribution in [3.05, 3.63) is 35.6 Å². The van der Waals surface area contributed by atoms with Gasteiger partial charge in [0.1, 0.15) is 5.82 Å². The van der Waals surface area contributed by atoms with E-state index in [1.807, 2.05) is 6.07 Å². The summed E-state index contributed by atoms with van der Waals surface area (Å²) in [6, 6.07) is 6.82. The van der Waals surface area contributed by atoms with Gasteiger partial charge in [-0.1, -0.05) is 12.1 Å². The monoisotopic (exact) mass is 298 g/mol. The van der Waals surface area contributed by atoms with E-state index in [0.29, 0.717) is 6.54 Å². The van der Waals surface area contributed by atoms with E-state index in [9.17, 15) is 9.18 Å². The fraction of sp³-hybridized carbons (Fsp3) is 0.533. The Morgan fingerprint density at radius 2 is 2.15 bits per heavy atom. The lowest BCUT2D eigenvalue weighted by Crippen LogP contribution is -2.36. The van der Waals surface area contributed by atoms with E-state index in [1.54, 1.807) is 12.1 Å². The third-order valence-corrected chi connectivity index (χ3v) is 3.83. The first-order valence-electron chi connectivity index (χ1n) is 6.98. The van der Waals surface area contributed by atoms with Gasteiger partial charge in [-0.15, -0.1) is 12.4 Å². The lowest BCUT2D eigenvalue weighted by molar-refractivity contribution is -0.120. The van der Waals surface area contributed by atoms with Crippen LogP contribution in [0.1, 0.15) is 30.7 Å². The summed E-state index contributed by atoms with van der Waals surface area (Å²) in [6.07, 6.45) is 3.50. The predicted molar refractivity (Wildman–Crippen MR) is 78.5 cm³/mol. The second-order valence-electron chi connectivity index (χ2n) is 5.65. The number of halogens is 2. The molecule has 0 aromatic heterocycles. The zero-order valence-electron chi connectivity index (χ0n) is 11.3. The van der Waals surface area contributed by atoms with Crippen molar-refractivity contribution < 1.29 is 9.18 Å². The van der Waals surface area contributed by atoms with Crippen molar-refractivity contribution in [1.29, 1.82) is 0 Å². The lowest BCUT2D eigenvalue weighted by Gasteiger charge is -2.06. The minimum atomic E-state index is -0.208. The summed E-state index contributed by atoms with van der Waals surface area (Å²) in [5.74, 6) is 0.905. The van der Waals surface area contributed by atoms with Crippen LogP contribution < -0.4 is 10.6 Å². The number of benzene rings is 1. The maximum atomic E-state index is 13.1. The van der Waals surface area contributed by atoms with Gasteiger partial charge in [0.15, 0.2) is 0 Å². The molecule has 0 bridgehead atoms. The highest BCUT2D eigenvalue weighted by Gasteiger charge is 2.39. The summed E-state index contributed by atoms with van der Waals surface area (Å²) >= 11 is 0. The molecular formula is C15H20ClFN2O. The Hall–Kier alpha value is -1.13. The minimum absolute atomic E-state index is 0. The second-order valence-corrected chi connectivity index (χ2v) is 5.65. The highest BCUT2D eigenvalue weighted by molar-refractivity contribution is 5.85.